The van der Waals surface area contributed by atoms with Crippen LogP contribution in [0.2, 0.25) is 0 Å². The summed E-state index contributed by atoms with van der Waals surface area (Å²) in [7, 11) is 0.799. The highest BCUT2D eigenvalue weighted by molar-refractivity contribution is 14.0. The first-order chi connectivity index (χ1) is 14.2. The first-order valence-electron chi connectivity index (χ1n) is 10.3. The molecule has 0 spiro atoms. The van der Waals surface area contributed by atoms with Crippen molar-refractivity contribution in [2.24, 2.45) is 4.99 Å². The number of benzene rings is 2. The van der Waals surface area contributed by atoms with Crippen LogP contribution >= 0.6 is 24.0 Å². The van der Waals surface area contributed by atoms with E-state index in [1.165, 1.54) is 5.56 Å². The number of halogens is 1. The van der Waals surface area contributed by atoms with Gasteiger partial charge in [-0.05, 0) is 37.5 Å². The van der Waals surface area contributed by atoms with Gasteiger partial charge < -0.3 is 10.6 Å². The van der Waals surface area contributed by atoms with Gasteiger partial charge in [0.05, 0.1) is 10.8 Å². The standard InChI is InChI=1S/C23H32N4OS.HI/c1-19-17-21(13-15-27(19)18-20-9-5-3-6-10-20)26-23(24-2)25-14-16-29(28)22-11-7-4-8-12-22;/h3-12,19,21H,13-18H2,1-2H3,(H2,24,25,26);1H. The van der Waals surface area contributed by atoms with Crippen LogP contribution in [-0.2, 0) is 17.3 Å². The summed E-state index contributed by atoms with van der Waals surface area (Å²) in [5, 5.41) is 6.86. The van der Waals surface area contributed by atoms with E-state index < -0.39 is 10.8 Å². The fraction of sp³-hybridized carbons (Fsp3) is 0.435. The van der Waals surface area contributed by atoms with Crippen LogP contribution in [0.4, 0.5) is 0 Å². The van der Waals surface area contributed by atoms with Gasteiger partial charge in [-0.3, -0.25) is 14.1 Å². The lowest BCUT2D eigenvalue weighted by Crippen LogP contribution is -2.51. The molecule has 1 fully saturated rings. The maximum absolute atomic E-state index is 12.3. The molecule has 2 N–H and O–H groups in total. The Labute approximate surface area is 200 Å². The molecule has 1 saturated heterocycles. The summed E-state index contributed by atoms with van der Waals surface area (Å²) in [6.07, 6.45) is 2.18. The average Bonchev–Trinajstić information content (AvgIpc) is 2.76. The highest BCUT2D eigenvalue weighted by atomic mass is 127. The number of nitrogens with one attached hydrogen (secondary N) is 2. The molecule has 3 atom stereocenters. The van der Waals surface area contributed by atoms with Crippen LogP contribution in [0.15, 0.2) is 70.6 Å². The van der Waals surface area contributed by atoms with Crippen LogP contribution in [0.1, 0.15) is 25.3 Å². The van der Waals surface area contributed by atoms with E-state index in [-0.39, 0.29) is 24.0 Å². The van der Waals surface area contributed by atoms with Crippen LogP contribution in [0, 0.1) is 0 Å². The highest BCUT2D eigenvalue weighted by Crippen LogP contribution is 2.19. The van der Waals surface area contributed by atoms with Crippen molar-refractivity contribution in [1.29, 1.82) is 0 Å². The molecule has 1 aliphatic rings. The molecule has 3 unspecified atom stereocenters. The van der Waals surface area contributed by atoms with E-state index in [9.17, 15) is 4.21 Å². The molecule has 0 bridgehead atoms. The number of rotatable bonds is 7. The number of aliphatic imine (C=N–C) groups is 1. The minimum Gasteiger partial charge on any atom is -0.355 e. The monoisotopic (exact) mass is 540 g/mol. The van der Waals surface area contributed by atoms with E-state index in [1.54, 1.807) is 7.05 Å². The molecule has 5 nitrogen and oxygen atoms in total. The lowest BCUT2D eigenvalue weighted by molar-refractivity contribution is 0.134. The quantitative estimate of drug-likeness (QED) is 0.320. The summed E-state index contributed by atoms with van der Waals surface area (Å²) in [5.74, 6) is 1.36. The van der Waals surface area contributed by atoms with Crippen molar-refractivity contribution < 1.29 is 4.21 Å². The Morgan fingerprint density at radius 3 is 2.43 bits per heavy atom. The zero-order valence-corrected chi connectivity index (χ0v) is 20.9. The first-order valence-corrected chi connectivity index (χ1v) is 11.7. The van der Waals surface area contributed by atoms with Gasteiger partial charge in [0.2, 0.25) is 0 Å². The van der Waals surface area contributed by atoms with Crippen LogP contribution in [-0.4, -0.2) is 53.0 Å². The fourth-order valence-corrected chi connectivity index (χ4v) is 4.73. The Morgan fingerprint density at radius 2 is 1.80 bits per heavy atom. The smallest absolute Gasteiger partial charge is 0.191 e. The van der Waals surface area contributed by atoms with Crippen molar-refractivity contribution >= 4 is 40.7 Å². The molecule has 0 aliphatic carbocycles. The Morgan fingerprint density at radius 1 is 1.13 bits per heavy atom. The molecular formula is C23H33IN4OS. The maximum atomic E-state index is 12.3. The van der Waals surface area contributed by atoms with Crippen molar-refractivity contribution in [3.05, 3.63) is 66.2 Å². The Balaban J connectivity index is 0.00000320. The minimum atomic E-state index is -0.990. The van der Waals surface area contributed by atoms with Gasteiger partial charge in [0.15, 0.2) is 5.96 Å². The third-order valence-electron chi connectivity index (χ3n) is 5.39. The molecule has 164 valence electrons. The van der Waals surface area contributed by atoms with Crippen molar-refractivity contribution in [2.45, 2.75) is 43.3 Å². The topological polar surface area (TPSA) is 56.7 Å². The molecule has 1 aliphatic heterocycles. The number of guanidine groups is 1. The molecule has 0 radical (unpaired) electrons. The highest BCUT2D eigenvalue weighted by Gasteiger charge is 2.25. The summed E-state index contributed by atoms with van der Waals surface area (Å²) in [5.41, 5.74) is 1.37. The van der Waals surface area contributed by atoms with E-state index in [4.69, 9.17) is 0 Å². The van der Waals surface area contributed by atoms with Crippen molar-refractivity contribution in [2.75, 3.05) is 25.9 Å². The molecule has 1 heterocycles. The van der Waals surface area contributed by atoms with Crippen molar-refractivity contribution in [3.63, 3.8) is 0 Å². The molecule has 0 saturated carbocycles. The zero-order valence-electron chi connectivity index (χ0n) is 17.8. The summed E-state index contributed by atoms with van der Waals surface area (Å²) < 4.78 is 12.3. The summed E-state index contributed by atoms with van der Waals surface area (Å²) in [6, 6.07) is 21.2. The van der Waals surface area contributed by atoms with Crippen molar-refractivity contribution in [3.8, 4) is 0 Å². The number of hydrogen-bond acceptors (Lipinski definition) is 3. The lowest BCUT2D eigenvalue weighted by Gasteiger charge is -2.38. The molecule has 0 aromatic heterocycles. The second-order valence-electron chi connectivity index (χ2n) is 7.53. The molecular weight excluding hydrogens is 507 g/mol. The maximum Gasteiger partial charge on any atom is 0.191 e. The van der Waals surface area contributed by atoms with Gasteiger partial charge in [0.1, 0.15) is 0 Å². The number of hydrogen-bond donors (Lipinski definition) is 2. The van der Waals surface area contributed by atoms with Gasteiger partial charge in [-0.2, -0.15) is 0 Å². The lowest BCUT2D eigenvalue weighted by atomic mass is 9.97. The largest absolute Gasteiger partial charge is 0.355 e. The van der Waals surface area contributed by atoms with E-state index in [2.05, 4.69) is 57.8 Å². The number of nitrogens with zero attached hydrogens (tertiary/aromatic N) is 2. The van der Waals surface area contributed by atoms with Gasteiger partial charge in [0.25, 0.3) is 0 Å². The van der Waals surface area contributed by atoms with Crippen LogP contribution < -0.4 is 10.6 Å². The Kier molecular flexibility index (Phi) is 10.8. The van der Waals surface area contributed by atoms with Gasteiger partial charge in [-0.15, -0.1) is 24.0 Å². The Hall–Kier alpha value is -1.45. The van der Waals surface area contributed by atoms with Gasteiger partial charge in [0, 0.05) is 49.4 Å². The average molecular weight is 541 g/mol. The van der Waals surface area contributed by atoms with E-state index in [0.717, 1.165) is 36.8 Å². The molecule has 2 aromatic rings. The zero-order chi connectivity index (χ0) is 20.5. The van der Waals surface area contributed by atoms with E-state index >= 15 is 0 Å². The van der Waals surface area contributed by atoms with Gasteiger partial charge in [-0.1, -0.05) is 48.5 Å². The molecule has 2 aromatic carbocycles. The second kappa shape index (κ2) is 13.1. The number of likely N-dealkylation sites (tertiary alicyclic amines) is 1. The predicted molar refractivity (Wildman–Crippen MR) is 137 cm³/mol. The first kappa shape index (κ1) is 24.8. The van der Waals surface area contributed by atoms with Crippen LogP contribution in [0.25, 0.3) is 0 Å². The van der Waals surface area contributed by atoms with Crippen LogP contribution in [0.5, 0.6) is 0 Å². The fourth-order valence-electron chi connectivity index (χ4n) is 3.74. The van der Waals surface area contributed by atoms with Crippen molar-refractivity contribution in [1.82, 2.24) is 15.5 Å². The van der Waals surface area contributed by atoms with Crippen LogP contribution in [0.3, 0.4) is 0 Å². The molecule has 3 rings (SSSR count). The second-order valence-corrected chi connectivity index (χ2v) is 9.10. The molecule has 30 heavy (non-hydrogen) atoms. The van der Waals surface area contributed by atoms with Gasteiger partial charge in [-0.25, -0.2) is 0 Å². The molecule has 0 amide bonds. The summed E-state index contributed by atoms with van der Waals surface area (Å²) >= 11 is 0. The predicted octanol–water partition coefficient (Wildman–Crippen LogP) is 3.63. The SMILES string of the molecule is CN=C(NCCS(=O)c1ccccc1)NC1CCN(Cc2ccccc2)C(C)C1.I. The summed E-state index contributed by atoms with van der Waals surface area (Å²) in [6.45, 7) is 5.01. The molecule has 7 heteroatoms. The summed E-state index contributed by atoms with van der Waals surface area (Å²) in [4.78, 5) is 7.77. The third-order valence-corrected chi connectivity index (χ3v) is 6.77. The number of piperidine rings is 1. The van der Waals surface area contributed by atoms with Gasteiger partial charge >= 0.3 is 0 Å². The van der Waals surface area contributed by atoms with E-state index in [0.29, 0.717) is 24.4 Å². The normalized spacial score (nSPS) is 20.8. The Bertz CT molecular complexity index is 803. The minimum absolute atomic E-state index is 0. The van der Waals surface area contributed by atoms with E-state index in [1.807, 2.05) is 30.3 Å². The third kappa shape index (κ3) is 7.67.